The predicted molar refractivity (Wildman–Crippen MR) is 70.6 cm³/mol. The molecule has 0 aliphatic rings. The van der Waals surface area contributed by atoms with Gasteiger partial charge >= 0.3 is 5.97 Å². The first-order chi connectivity index (χ1) is 8.04. The second kappa shape index (κ2) is 6.74. The van der Waals surface area contributed by atoms with Crippen LogP contribution < -0.4 is 0 Å². The van der Waals surface area contributed by atoms with Crippen LogP contribution in [-0.4, -0.2) is 18.1 Å². The van der Waals surface area contributed by atoms with Crippen LogP contribution in [-0.2, 0) is 16.0 Å². The van der Waals surface area contributed by atoms with E-state index in [1.165, 1.54) is 7.11 Å². The summed E-state index contributed by atoms with van der Waals surface area (Å²) in [5.41, 5.74) is 1.14. The molecule has 0 aromatic carbocycles. The van der Waals surface area contributed by atoms with Crippen molar-refractivity contribution >= 4 is 21.9 Å². The minimum Gasteiger partial charge on any atom is -0.469 e. The molecule has 0 N–H and O–H groups in total. The summed E-state index contributed by atoms with van der Waals surface area (Å²) in [6.45, 7) is 4.09. The molecule has 0 saturated heterocycles. The van der Waals surface area contributed by atoms with Gasteiger partial charge in [-0.3, -0.25) is 4.79 Å². The Bertz CT molecular complexity index is 362. The Morgan fingerprint density at radius 2 is 2.18 bits per heavy atom. The third-order valence-electron chi connectivity index (χ3n) is 2.84. The highest BCUT2D eigenvalue weighted by Crippen LogP contribution is 2.19. The quantitative estimate of drug-likeness (QED) is 0.619. The molecular weight excluding hydrogens is 282 g/mol. The fourth-order valence-electron chi connectivity index (χ4n) is 1.75. The molecule has 0 spiro atoms. The fraction of sp³-hybridized carbons (Fsp3) is 0.538. The van der Waals surface area contributed by atoms with Crippen LogP contribution in [0.25, 0.3) is 0 Å². The first-order valence-corrected chi connectivity index (χ1v) is 6.52. The smallest absolute Gasteiger partial charge is 0.308 e. The zero-order valence-electron chi connectivity index (χ0n) is 10.4. The van der Waals surface area contributed by atoms with E-state index in [2.05, 4.69) is 20.9 Å². The van der Waals surface area contributed by atoms with Gasteiger partial charge in [0.25, 0.3) is 0 Å². The summed E-state index contributed by atoms with van der Waals surface area (Å²) in [6, 6.07) is 3.93. The maximum atomic E-state index is 11.6. The highest BCUT2D eigenvalue weighted by molar-refractivity contribution is 9.10. The third-order valence-corrected chi connectivity index (χ3v) is 3.31. The Kier molecular flexibility index (Phi) is 5.62. The lowest BCUT2D eigenvalue weighted by Gasteiger charge is -2.17. The number of rotatable bonds is 5. The molecule has 3 nitrogen and oxygen atoms in total. The number of pyridine rings is 1. The lowest BCUT2D eigenvalue weighted by molar-refractivity contribution is -0.147. The normalized spacial score (nSPS) is 12.5. The van der Waals surface area contributed by atoms with Crippen molar-refractivity contribution in [2.45, 2.75) is 26.7 Å². The van der Waals surface area contributed by atoms with Crippen molar-refractivity contribution in [3.8, 4) is 0 Å². The molecule has 1 atom stereocenters. The van der Waals surface area contributed by atoms with Gasteiger partial charge in [0.1, 0.15) is 4.60 Å². The van der Waals surface area contributed by atoms with E-state index >= 15 is 0 Å². The molecular formula is C13H18BrNO2. The van der Waals surface area contributed by atoms with Gasteiger partial charge in [-0.25, -0.2) is 4.98 Å². The Balaban J connectivity index is 2.58. The molecule has 94 valence electrons. The van der Waals surface area contributed by atoms with Crippen molar-refractivity contribution < 1.29 is 9.53 Å². The number of carbonyl (C=O) groups is 1. The second-order valence-corrected chi connectivity index (χ2v) is 5.21. The number of aromatic nitrogens is 1. The summed E-state index contributed by atoms with van der Waals surface area (Å²) in [7, 11) is 1.44. The number of hydrogen-bond donors (Lipinski definition) is 0. The Labute approximate surface area is 111 Å². The number of hydrogen-bond acceptors (Lipinski definition) is 3. The molecule has 0 unspecified atom stereocenters. The van der Waals surface area contributed by atoms with Gasteiger partial charge in [0.2, 0.25) is 0 Å². The largest absolute Gasteiger partial charge is 0.469 e. The molecule has 0 aliphatic carbocycles. The van der Waals surface area contributed by atoms with Gasteiger partial charge in [0, 0.05) is 6.20 Å². The highest BCUT2D eigenvalue weighted by Gasteiger charge is 2.22. The molecule has 0 amide bonds. The molecule has 1 rings (SSSR count). The maximum absolute atomic E-state index is 11.6. The van der Waals surface area contributed by atoms with E-state index in [4.69, 9.17) is 4.74 Å². The van der Waals surface area contributed by atoms with Crippen molar-refractivity contribution in [2.75, 3.05) is 7.11 Å². The summed E-state index contributed by atoms with van der Waals surface area (Å²) >= 11 is 3.30. The molecule has 1 heterocycles. The molecule has 0 bridgehead atoms. The number of carbonyl (C=O) groups excluding carboxylic acids is 1. The predicted octanol–water partition coefficient (Wildman–Crippen LogP) is 3.22. The zero-order valence-corrected chi connectivity index (χ0v) is 12.0. The first kappa shape index (κ1) is 14.2. The van der Waals surface area contributed by atoms with E-state index in [-0.39, 0.29) is 11.9 Å². The van der Waals surface area contributed by atoms with E-state index in [1.54, 1.807) is 0 Å². The summed E-state index contributed by atoms with van der Waals surface area (Å²) < 4.78 is 5.65. The minimum absolute atomic E-state index is 0.0383. The van der Waals surface area contributed by atoms with E-state index in [0.29, 0.717) is 5.92 Å². The molecule has 0 aliphatic heterocycles. The molecule has 1 aromatic rings. The van der Waals surface area contributed by atoms with Crippen molar-refractivity contribution in [3.63, 3.8) is 0 Å². The first-order valence-electron chi connectivity index (χ1n) is 5.73. The molecule has 0 radical (unpaired) electrons. The lowest BCUT2D eigenvalue weighted by atomic mass is 9.90. The number of methoxy groups -OCH3 is 1. The molecule has 4 heteroatoms. The number of halogens is 1. The van der Waals surface area contributed by atoms with Crippen LogP contribution in [0.2, 0.25) is 0 Å². The van der Waals surface area contributed by atoms with Crippen molar-refractivity contribution in [1.29, 1.82) is 0 Å². The van der Waals surface area contributed by atoms with Crippen LogP contribution in [0.4, 0.5) is 0 Å². The molecule has 17 heavy (non-hydrogen) atoms. The molecule has 0 saturated carbocycles. The summed E-state index contributed by atoms with van der Waals surface area (Å²) in [5, 5.41) is 0. The van der Waals surface area contributed by atoms with Crippen LogP contribution in [0.5, 0.6) is 0 Å². The Hall–Kier alpha value is -0.900. The van der Waals surface area contributed by atoms with Crippen molar-refractivity contribution in [2.24, 2.45) is 11.8 Å². The summed E-state index contributed by atoms with van der Waals surface area (Å²) in [6.07, 6.45) is 3.48. The van der Waals surface area contributed by atoms with E-state index < -0.39 is 0 Å². The molecule has 1 aromatic heterocycles. The summed E-state index contributed by atoms with van der Waals surface area (Å²) in [4.78, 5) is 15.8. The number of esters is 1. The van der Waals surface area contributed by atoms with Crippen LogP contribution in [0.3, 0.4) is 0 Å². The maximum Gasteiger partial charge on any atom is 0.308 e. The van der Waals surface area contributed by atoms with E-state index in [1.807, 2.05) is 32.2 Å². The van der Waals surface area contributed by atoms with E-state index in [9.17, 15) is 4.79 Å². The number of aryl methyl sites for hydroxylation is 1. The highest BCUT2D eigenvalue weighted by atomic mass is 79.9. The van der Waals surface area contributed by atoms with Gasteiger partial charge in [0.05, 0.1) is 13.0 Å². The Morgan fingerprint density at radius 3 is 2.65 bits per heavy atom. The van der Waals surface area contributed by atoms with Gasteiger partial charge in [-0.1, -0.05) is 19.9 Å². The van der Waals surface area contributed by atoms with E-state index in [0.717, 1.165) is 23.0 Å². The Morgan fingerprint density at radius 1 is 1.47 bits per heavy atom. The van der Waals surface area contributed by atoms with Crippen LogP contribution in [0.1, 0.15) is 25.8 Å². The summed E-state index contributed by atoms with van der Waals surface area (Å²) in [5.74, 6) is 0.138. The zero-order chi connectivity index (χ0) is 12.8. The fourth-order valence-corrected chi connectivity index (χ4v) is 1.99. The standard InChI is InChI=1S/C13H18BrNO2/c1-9(2)11(13(16)17-3)6-4-10-5-7-12(14)15-8-10/h5,7-9,11H,4,6H2,1-3H3/t11-/m0/s1. The van der Waals surface area contributed by atoms with Gasteiger partial charge in [0.15, 0.2) is 0 Å². The van der Waals surface area contributed by atoms with Crippen LogP contribution >= 0.6 is 15.9 Å². The molecule has 0 fully saturated rings. The minimum atomic E-state index is -0.120. The average molecular weight is 300 g/mol. The SMILES string of the molecule is COC(=O)[C@@H](CCc1ccc(Br)nc1)C(C)C. The van der Waals surface area contributed by atoms with Crippen LogP contribution in [0, 0.1) is 11.8 Å². The van der Waals surface area contributed by atoms with Gasteiger partial charge in [-0.2, -0.15) is 0 Å². The topological polar surface area (TPSA) is 39.2 Å². The third kappa shape index (κ3) is 4.46. The average Bonchev–Trinajstić information content (AvgIpc) is 2.31. The number of nitrogens with zero attached hydrogens (tertiary/aromatic N) is 1. The number of ether oxygens (including phenoxy) is 1. The van der Waals surface area contributed by atoms with Gasteiger partial charge in [-0.15, -0.1) is 0 Å². The van der Waals surface area contributed by atoms with Gasteiger partial charge in [-0.05, 0) is 46.3 Å². The lowest BCUT2D eigenvalue weighted by Crippen LogP contribution is -2.22. The van der Waals surface area contributed by atoms with Crippen molar-refractivity contribution in [1.82, 2.24) is 4.98 Å². The monoisotopic (exact) mass is 299 g/mol. The van der Waals surface area contributed by atoms with Crippen LogP contribution in [0.15, 0.2) is 22.9 Å². The van der Waals surface area contributed by atoms with Gasteiger partial charge < -0.3 is 4.74 Å². The second-order valence-electron chi connectivity index (χ2n) is 4.40. The van der Waals surface area contributed by atoms with Crippen molar-refractivity contribution in [3.05, 3.63) is 28.5 Å².